The van der Waals surface area contributed by atoms with Crippen molar-refractivity contribution in [3.63, 3.8) is 0 Å². The molecule has 0 aromatic heterocycles. The number of carbonyl (C=O) groups excluding carboxylic acids is 2. The molecular weight excluding hydrogens is 578 g/mol. The van der Waals surface area contributed by atoms with Gasteiger partial charge in [0.05, 0.1) is 25.8 Å². The van der Waals surface area contributed by atoms with Gasteiger partial charge in [0.2, 0.25) is 0 Å². The van der Waals surface area contributed by atoms with Crippen LogP contribution in [0.3, 0.4) is 0 Å². The molecule has 0 radical (unpaired) electrons. The van der Waals surface area contributed by atoms with Gasteiger partial charge in [-0.2, -0.15) is 0 Å². The number of hydrogen-bond acceptors (Lipinski definition) is 5. The Hall–Kier alpha value is -3.10. The van der Waals surface area contributed by atoms with Crippen LogP contribution in [0.2, 0.25) is 0 Å². The Balaban J connectivity index is 1.73. The highest BCUT2D eigenvalue weighted by atomic mass is 79.9. The summed E-state index contributed by atoms with van der Waals surface area (Å²) >= 11 is 6.81. The van der Waals surface area contributed by atoms with Crippen molar-refractivity contribution in [2.75, 3.05) is 20.8 Å². The van der Waals surface area contributed by atoms with Crippen molar-refractivity contribution >= 4 is 49.3 Å². The lowest BCUT2D eigenvalue weighted by molar-refractivity contribution is -0.139. The summed E-state index contributed by atoms with van der Waals surface area (Å²) in [5, 5.41) is 11.1. The molecule has 0 spiro atoms. The smallest absolute Gasteiger partial charge is 0.295 e. The minimum Gasteiger partial charge on any atom is -0.507 e. The molecule has 3 aromatic rings. The van der Waals surface area contributed by atoms with Gasteiger partial charge in [0.25, 0.3) is 11.7 Å². The van der Waals surface area contributed by atoms with Crippen LogP contribution in [-0.4, -0.2) is 42.5 Å². The fourth-order valence-corrected chi connectivity index (χ4v) is 4.68. The number of carbonyl (C=O) groups is 2. The first-order valence-corrected chi connectivity index (χ1v) is 12.4. The predicted octanol–water partition coefficient (Wildman–Crippen LogP) is 5.89. The number of amides is 1. The molecule has 180 valence electrons. The van der Waals surface area contributed by atoms with Crippen LogP contribution in [0, 0.1) is 0 Å². The summed E-state index contributed by atoms with van der Waals surface area (Å²) in [6.45, 7) is 0.276. The molecule has 8 heteroatoms. The summed E-state index contributed by atoms with van der Waals surface area (Å²) in [6, 6.07) is 19.2. The molecule has 0 saturated carbocycles. The van der Waals surface area contributed by atoms with E-state index in [0.29, 0.717) is 23.5 Å². The second-order valence-corrected chi connectivity index (χ2v) is 9.82. The van der Waals surface area contributed by atoms with Gasteiger partial charge in [-0.25, -0.2) is 0 Å². The Morgan fingerprint density at radius 1 is 0.886 bits per heavy atom. The van der Waals surface area contributed by atoms with E-state index in [-0.39, 0.29) is 17.9 Å². The average molecular weight is 601 g/mol. The molecule has 1 atom stereocenters. The molecule has 1 saturated heterocycles. The fraction of sp³-hybridized carbons (Fsp3) is 0.185. The lowest BCUT2D eigenvalue weighted by Crippen LogP contribution is -2.31. The van der Waals surface area contributed by atoms with Gasteiger partial charge in [-0.05, 0) is 53.9 Å². The largest absolute Gasteiger partial charge is 0.507 e. The van der Waals surface area contributed by atoms with Gasteiger partial charge in [-0.15, -0.1) is 0 Å². The summed E-state index contributed by atoms with van der Waals surface area (Å²) in [7, 11) is 3.14. The third-order valence-electron chi connectivity index (χ3n) is 5.93. The number of halogens is 2. The highest BCUT2D eigenvalue weighted by Gasteiger charge is 2.45. The van der Waals surface area contributed by atoms with E-state index in [4.69, 9.17) is 9.47 Å². The van der Waals surface area contributed by atoms with E-state index in [0.717, 1.165) is 20.1 Å². The van der Waals surface area contributed by atoms with E-state index in [9.17, 15) is 14.7 Å². The van der Waals surface area contributed by atoms with Crippen molar-refractivity contribution in [3.05, 3.63) is 97.9 Å². The van der Waals surface area contributed by atoms with Crippen LogP contribution < -0.4 is 9.47 Å². The number of ketones is 1. The third-order valence-corrected chi connectivity index (χ3v) is 6.99. The molecule has 1 aliphatic rings. The standard InChI is InChI=1S/C27H23Br2NO5/c1-34-21-12-3-16(15-22(21)35-2)13-14-30-24(17-4-8-19(28)9-5-17)23(26(32)27(30)33)25(31)18-6-10-20(29)11-7-18/h3-12,15,24,31H,13-14H2,1-2H3. The van der Waals surface area contributed by atoms with Crippen LogP contribution in [0.4, 0.5) is 0 Å². The monoisotopic (exact) mass is 599 g/mol. The normalized spacial score (nSPS) is 17.0. The first-order chi connectivity index (χ1) is 16.8. The molecule has 4 rings (SSSR count). The van der Waals surface area contributed by atoms with Crippen LogP contribution in [0.1, 0.15) is 22.7 Å². The van der Waals surface area contributed by atoms with Gasteiger partial charge in [0.1, 0.15) is 5.76 Å². The molecule has 0 bridgehead atoms. The van der Waals surface area contributed by atoms with Crippen LogP contribution in [-0.2, 0) is 16.0 Å². The summed E-state index contributed by atoms with van der Waals surface area (Å²) in [6.07, 6.45) is 0.485. The van der Waals surface area contributed by atoms with E-state index < -0.39 is 17.7 Å². The van der Waals surface area contributed by atoms with Gasteiger partial charge in [-0.3, -0.25) is 9.59 Å². The Morgan fingerprint density at radius 2 is 1.49 bits per heavy atom. The van der Waals surface area contributed by atoms with Gasteiger partial charge in [0.15, 0.2) is 11.5 Å². The fourth-order valence-electron chi connectivity index (χ4n) is 4.15. The Bertz CT molecular complexity index is 1290. The minimum atomic E-state index is -0.716. The van der Waals surface area contributed by atoms with E-state index in [2.05, 4.69) is 31.9 Å². The van der Waals surface area contributed by atoms with Crippen molar-refractivity contribution in [3.8, 4) is 11.5 Å². The number of hydrogen-bond donors (Lipinski definition) is 1. The van der Waals surface area contributed by atoms with Crippen molar-refractivity contribution in [1.29, 1.82) is 0 Å². The third kappa shape index (κ3) is 5.13. The molecule has 1 aliphatic heterocycles. The van der Waals surface area contributed by atoms with Crippen LogP contribution in [0.5, 0.6) is 11.5 Å². The Labute approximate surface area is 220 Å². The highest BCUT2D eigenvalue weighted by molar-refractivity contribution is 9.10. The lowest BCUT2D eigenvalue weighted by Gasteiger charge is -2.25. The summed E-state index contributed by atoms with van der Waals surface area (Å²) < 4.78 is 12.4. The molecule has 3 aromatic carbocycles. The number of benzene rings is 3. The van der Waals surface area contributed by atoms with E-state index in [1.54, 1.807) is 38.5 Å². The maximum absolute atomic E-state index is 13.2. The van der Waals surface area contributed by atoms with Crippen molar-refractivity contribution in [1.82, 2.24) is 4.90 Å². The highest BCUT2D eigenvalue weighted by Crippen LogP contribution is 2.40. The summed E-state index contributed by atoms with van der Waals surface area (Å²) in [5.74, 6) is -0.340. The number of rotatable bonds is 7. The first kappa shape index (κ1) is 25.0. The van der Waals surface area contributed by atoms with E-state index in [1.807, 2.05) is 42.5 Å². The zero-order valence-corrected chi connectivity index (χ0v) is 22.3. The maximum atomic E-state index is 13.2. The van der Waals surface area contributed by atoms with Gasteiger partial charge in [0, 0.05) is 21.1 Å². The number of methoxy groups -OCH3 is 2. The second-order valence-electron chi connectivity index (χ2n) is 7.99. The lowest BCUT2D eigenvalue weighted by atomic mass is 9.95. The maximum Gasteiger partial charge on any atom is 0.295 e. The molecule has 1 unspecified atom stereocenters. The topological polar surface area (TPSA) is 76.1 Å². The second kappa shape index (κ2) is 10.7. The molecular formula is C27H23Br2NO5. The Morgan fingerprint density at radius 3 is 2.09 bits per heavy atom. The molecule has 1 amide bonds. The van der Waals surface area contributed by atoms with Gasteiger partial charge < -0.3 is 19.5 Å². The summed E-state index contributed by atoms with van der Waals surface area (Å²) in [4.78, 5) is 27.9. The number of likely N-dealkylation sites (tertiary alicyclic amines) is 1. The van der Waals surface area contributed by atoms with Crippen molar-refractivity contribution in [2.45, 2.75) is 12.5 Å². The van der Waals surface area contributed by atoms with E-state index >= 15 is 0 Å². The molecule has 6 nitrogen and oxygen atoms in total. The van der Waals surface area contributed by atoms with Gasteiger partial charge >= 0.3 is 0 Å². The molecule has 1 N–H and O–H groups in total. The quantitative estimate of drug-likeness (QED) is 0.208. The molecule has 1 heterocycles. The molecule has 0 aliphatic carbocycles. The number of aliphatic hydroxyl groups excluding tert-OH is 1. The number of Topliss-reactive ketones (excluding diaryl/α,β-unsaturated/α-hetero) is 1. The zero-order valence-electron chi connectivity index (χ0n) is 19.1. The minimum absolute atomic E-state index is 0.0759. The SMILES string of the molecule is COc1ccc(CCN2C(=O)C(=O)C(=C(O)c3ccc(Br)cc3)C2c2ccc(Br)cc2)cc1OC. The average Bonchev–Trinajstić information content (AvgIpc) is 3.12. The molecule has 35 heavy (non-hydrogen) atoms. The Kier molecular flexibility index (Phi) is 7.62. The number of nitrogens with zero attached hydrogens (tertiary/aromatic N) is 1. The van der Waals surface area contributed by atoms with E-state index in [1.165, 1.54) is 4.90 Å². The summed E-state index contributed by atoms with van der Waals surface area (Å²) in [5.41, 5.74) is 2.20. The number of aliphatic hydroxyl groups is 1. The van der Waals surface area contributed by atoms with Crippen LogP contribution in [0.15, 0.2) is 81.2 Å². The zero-order chi connectivity index (χ0) is 25.1. The molecule has 1 fully saturated rings. The first-order valence-electron chi connectivity index (χ1n) is 10.8. The van der Waals surface area contributed by atoms with Gasteiger partial charge in [-0.1, -0.05) is 62.2 Å². The van der Waals surface area contributed by atoms with Crippen molar-refractivity contribution in [2.24, 2.45) is 0 Å². The van der Waals surface area contributed by atoms with Crippen LogP contribution in [0.25, 0.3) is 5.76 Å². The van der Waals surface area contributed by atoms with Crippen LogP contribution >= 0.6 is 31.9 Å². The predicted molar refractivity (Wildman–Crippen MR) is 141 cm³/mol. The van der Waals surface area contributed by atoms with Crippen molar-refractivity contribution < 1.29 is 24.2 Å². The number of ether oxygens (including phenoxy) is 2.